The summed E-state index contributed by atoms with van der Waals surface area (Å²) in [5, 5.41) is 4.00. The van der Waals surface area contributed by atoms with Crippen molar-refractivity contribution >= 4 is 57.4 Å². The quantitative estimate of drug-likeness (QED) is 0.568. The molecule has 0 aliphatic carbocycles. The molecule has 0 saturated heterocycles. The Hall–Kier alpha value is 0.170. The summed E-state index contributed by atoms with van der Waals surface area (Å²) in [7, 11) is 0. The first-order chi connectivity index (χ1) is 6.22. The largest absolute Gasteiger partial charge is 0.142 e. The molecule has 0 N–H and O–H groups in total. The summed E-state index contributed by atoms with van der Waals surface area (Å²) in [6, 6.07) is 4.13. The number of thiophene rings is 1. The van der Waals surface area contributed by atoms with E-state index in [0.717, 1.165) is 20.0 Å². The predicted octanol–water partition coefficient (Wildman–Crippen LogP) is 4.57. The van der Waals surface area contributed by atoms with E-state index < -0.39 is 0 Å². The number of hydrogen-bond donors (Lipinski definition) is 1. The molecule has 1 heterocycles. The highest BCUT2D eigenvalue weighted by Gasteiger charge is 2.06. The van der Waals surface area contributed by atoms with Crippen molar-refractivity contribution < 1.29 is 0 Å². The van der Waals surface area contributed by atoms with Crippen LogP contribution in [0.3, 0.4) is 0 Å². The van der Waals surface area contributed by atoms with E-state index in [0.29, 0.717) is 0 Å². The maximum atomic E-state index is 6.12. The van der Waals surface area contributed by atoms with Gasteiger partial charge in [-0.1, -0.05) is 11.6 Å². The van der Waals surface area contributed by atoms with E-state index in [1.54, 1.807) is 23.1 Å². The fourth-order valence-electron chi connectivity index (χ4n) is 1.17. The summed E-state index contributed by atoms with van der Waals surface area (Å²) >= 11 is 13.8. The molecule has 1 aromatic heterocycles. The second-order valence-corrected chi connectivity index (χ2v) is 5.26. The van der Waals surface area contributed by atoms with Gasteiger partial charge in [-0.15, -0.1) is 35.7 Å². The van der Waals surface area contributed by atoms with Crippen LogP contribution in [0.25, 0.3) is 10.1 Å². The molecule has 0 spiro atoms. The van der Waals surface area contributed by atoms with Crippen LogP contribution in [0.1, 0.15) is 0 Å². The van der Waals surface area contributed by atoms with Crippen LogP contribution in [-0.2, 0) is 0 Å². The van der Waals surface area contributed by atoms with Gasteiger partial charge in [-0.2, -0.15) is 0 Å². The molecule has 0 bridgehead atoms. The normalized spacial score (nSPS) is 11.0. The predicted molar refractivity (Wildman–Crippen MR) is 65.9 cm³/mol. The van der Waals surface area contributed by atoms with Crippen LogP contribution in [0.15, 0.2) is 27.3 Å². The summed E-state index contributed by atoms with van der Waals surface area (Å²) in [5.41, 5.74) is 0. The van der Waals surface area contributed by atoms with E-state index in [2.05, 4.69) is 18.7 Å². The third-order valence-corrected chi connectivity index (χ3v) is 4.51. The number of thioether (sulfide) groups is 1. The van der Waals surface area contributed by atoms with Crippen molar-refractivity contribution in [2.75, 3.05) is 6.26 Å². The van der Waals surface area contributed by atoms with Crippen LogP contribution in [0, 0.1) is 0 Å². The summed E-state index contributed by atoms with van der Waals surface area (Å²) in [4.78, 5) is 2.20. The second-order valence-electron chi connectivity index (χ2n) is 2.61. The topological polar surface area (TPSA) is 0 Å². The molecule has 0 saturated carbocycles. The first-order valence-corrected chi connectivity index (χ1v) is 6.59. The van der Waals surface area contributed by atoms with E-state index in [1.165, 1.54) is 4.90 Å². The molecule has 0 aliphatic heterocycles. The van der Waals surface area contributed by atoms with E-state index >= 15 is 0 Å². The standard InChI is InChI=1S/C9H7ClS3/c1-12-5-2-6-8(11)4-13-9(6)7(10)3-5/h2-4,11H,1H3. The lowest BCUT2D eigenvalue weighted by molar-refractivity contribution is 1.50. The fourth-order valence-corrected chi connectivity index (χ4v) is 3.30. The zero-order valence-corrected chi connectivity index (χ0v) is 10.2. The van der Waals surface area contributed by atoms with Gasteiger partial charge in [0.05, 0.1) is 9.72 Å². The molecule has 13 heavy (non-hydrogen) atoms. The second kappa shape index (κ2) is 3.73. The fraction of sp³-hybridized carbons (Fsp3) is 0.111. The minimum absolute atomic E-state index is 0.826. The maximum absolute atomic E-state index is 6.12. The van der Waals surface area contributed by atoms with Crippen molar-refractivity contribution in [3.63, 3.8) is 0 Å². The van der Waals surface area contributed by atoms with Gasteiger partial charge in [-0.3, -0.25) is 0 Å². The van der Waals surface area contributed by atoms with Gasteiger partial charge in [-0.25, -0.2) is 0 Å². The number of thiol groups is 1. The van der Waals surface area contributed by atoms with Gasteiger partial charge in [-0.05, 0) is 18.4 Å². The molecule has 0 amide bonds. The van der Waals surface area contributed by atoms with Gasteiger partial charge in [0.25, 0.3) is 0 Å². The average molecular weight is 247 g/mol. The van der Waals surface area contributed by atoms with Crippen LogP contribution in [0.2, 0.25) is 5.02 Å². The minimum Gasteiger partial charge on any atom is -0.142 e. The van der Waals surface area contributed by atoms with Crippen LogP contribution >= 0.6 is 47.3 Å². The molecule has 0 nitrogen and oxygen atoms in total. The van der Waals surface area contributed by atoms with E-state index in [9.17, 15) is 0 Å². The van der Waals surface area contributed by atoms with Crippen LogP contribution in [0.5, 0.6) is 0 Å². The molecular formula is C9H7ClS3. The summed E-state index contributed by atoms with van der Waals surface area (Å²) < 4.78 is 1.13. The first kappa shape index (κ1) is 9.71. The third-order valence-electron chi connectivity index (χ3n) is 1.82. The smallest absolute Gasteiger partial charge is 0.0595 e. The van der Waals surface area contributed by atoms with Crippen molar-refractivity contribution in [3.8, 4) is 0 Å². The molecule has 2 rings (SSSR count). The SMILES string of the molecule is CSc1cc(Cl)c2scc(S)c2c1. The summed E-state index contributed by atoms with van der Waals surface area (Å²) in [5.74, 6) is 0. The Morgan fingerprint density at radius 3 is 2.92 bits per heavy atom. The van der Waals surface area contributed by atoms with Crippen LogP contribution in [0.4, 0.5) is 0 Å². The lowest BCUT2D eigenvalue weighted by Gasteiger charge is -1.99. The first-order valence-electron chi connectivity index (χ1n) is 3.66. The average Bonchev–Trinajstić information content (AvgIpc) is 2.48. The van der Waals surface area contributed by atoms with Gasteiger partial charge in [0.15, 0.2) is 0 Å². The Bertz CT molecular complexity index is 447. The molecule has 2 aromatic rings. The Kier molecular flexibility index (Phi) is 2.79. The van der Waals surface area contributed by atoms with Crippen molar-refractivity contribution in [1.82, 2.24) is 0 Å². The van der Waals surface area contributed by atoms with E-state index in [1.807, 2.05) is 17.7 Å². The number of hydrogen-bond acceptors (Lipinski definition) is 3. The van der Waals surface area contributed by atoms with Gasteiger partial charge in [0, 0.05) is 20.6 Å². The van der Waals surface area contributed by atoms with Crippen molar-refractivity contribution in [2.24, 2.45) is 0 Å². The highest BCUT2D eigenvalue weighted by Crippen LogP contribution is 2.36. The molecular weight excluding hydrogens is 240 g/mol. The molecule has 0 radical (unpaired) electrons. The summed E-state index contributed by atoms with van der Waals surface area (Å²) in [6.45, 7) is 0. The molecule has 1 aromatic carbocycles. The van der Waals surface area contributed by atoms with Crippen LogP contribution < -0.4 is 0 Å². The zero-order valence-electron chi connectivity index (χ0n) is 6.87. The third kappa shape index (κ3) is 1.71. The number of halogens is 1. The van der Waals surface area contributed by atoms with Gasteiger partial charge in [0.2, 0.25) is 0 Å². The molecule has 0 atom stereocenters. The van der Waals surface area contributed by atoms with Gasteiger partial charge in [0.1, 0.15) is 0 Å². The highest BCUT2D eigenvalue weighted by atomic mass is 35.5. The molecule has 0 aliphatic rings. The minimum atomic E-state index is 0.826. The van der Waals surface area contributed by atoms with Crippen molar-refractivity contribution in [2.45, 2.75) is 9.79 Å². The van der Waals surface area contributed by atoms with E-state index in [4.69, 9.17) is 11.6 Å². The van der Waals surface area contributed by atoms with Gasteiger partial charge < -0.3 is 0 Å². The zero-order chi connectivity index (χ0) is 9.42. The number of benzene rings is 1. The van der Waals surface area contributed by atoms with Gasteiger partial charge >= 0.3 is 0 Å². The highest BCUT2D eigenvalue weighted by molar-refractivity contribution is 7.98. The lowest BCUT2D eigenvalue weighted by Crippen LogP contribution is -1.72. The molecule has 0 fully saturated rings. The Morgan fingerprint density at radius 1 is 1.46 bits per heavy atom. The van der Waals surface area contributed by atoms with Crippen molar-refractivity contribution in [1.29, 1.82) is 0 Å². The summed E-state index contributed by atoms with van der Waals surface area (Å²) in [6.07, 6.45) is 2.04. The monoisotopic (exact) mass is 246 g/mol. The molecule has 68 valence electrons. The van der Waals surface area contributed by atoms with E-state index in [-0.39, 0.29) is 0 Å². The Balaban J connectivity index is 2.80. The Labute approximate surface area is 95.7 Å². The van der Waals surface area contributed by atoms with Crippen LogP contribution in [-0.4, -0.2) is 6.26 Å². The van der Waals surface area contributed by atoms with Crippen molar-refractivity contribution in [3.05, 3.63) is 22.5 Å². The molecule has 0 unspecified atom stereocenters. The molecule has 4 heteroatoms. The maximum Gasteiger partial charge on any atom is 0.0595 e. The number of fused-ring (bicyclic) bond motifs is 1. The Morgan fingerprint density at radius 2 is 2.23 bits per heavy atom. The number of rotatable bonds is 1. The lowest BCUT2D eigenvalue weighted by atomic mass is 10.3.